The number of hydrogen-bond acceptors (Lipinski definition) is 3. The van der Waals surface area contributed by atoms with Crippen molar-refractivity contribution in [1.82, 2.24) is 10.2 Å². The average Bonchev–Trinajstić information content (AvgIpc) is 2.64. The van der Waals surface area contributed by atoms with Crippen molar-refractivity contribution in [2.45, 2.75) is 50.9 Å². The fraction of sp³-hybridized carbons (Fsp3) is 0.650. The van der Waals surface area contributed by atoms with Gasteiger partial charge < -0.3 is 15.0 Å². The van der Waals surface area contributed by atoms with E-state index >= 15 is 0 Å². The van der Waals surface area contributed by atoms with Gasteiger partial charge in [0.2, 0.25) is 0 Å². The smallest absolute Gasteiger partial charge is 0.251 e. The lowest BCUT2D eigenvalue weighted by molar-refractivity contribution is 0.0912. The van der Waals surface area contributed by atoms with Crippen LogP contribution in [0.25, 0.3) is 0 Å². The third-order valence-corrected chi connectivity index (χ3v) is 5.71. The second-order valence-electron chi connectivity index (χ2n) is 7.28. The normalized spacial score (nSPS) is 24.3. The van der Waals surface area contributed by atoms with E-state index in [0.29, 0.717) is 0 Å². The summed E-state index contributed by atoms with van der Waals surface area (Å²) >= 11 is 0. The molecule has 0 bridgehead atoms. The minimum Gasteiger partial charge on any atom is -0.497 e. The van der Waals surface area contributed by atoms with Gasteiger partial charge in [0.05, 0.1) is 7.11 Å². The molecule has 0 aromatic heterocycles. The van der Waals surface area contributed by atoms with E-state index in [1.54, 1.807) is 7.11 Å². The third-order valence-electron chi connectivity index (χ3n) is 5.71. The molecule has 0 aliphatic carbocycles. The van der Waals surface area contributed by atoms with E-state index in [0.717, 1.165) is 43.7 Å². The lowest BCUT2D eigenvalue weighted by atomic mass is 9.70. The van der Waals surface area contributed by atoms with Crippen molar-refractivity contribution in [1.29, 1.82) is 0 Å². The summed E-state index contributed by atoms with van der Waals surface area (Å²) < 4.78 is 5.44. The fourth-order valence-corrected chi connectivity index (χ4v) is 4.33. The maximum atomic E-state index is 12.3. The molecule has 2 aliphatic heterocycles. The number of benzene rings is 1. The number of carbonyl (C=O) groups excluding carboxylic acids is 1. The first-order chi connectivity index (χ1) is 11.7. The number of carbonyl (C=O) groups is 1. The molecule has 1 unspecified atom stereocenters. The predicted molar refractivity (Wildman–Crippen MR) is 96.8 cm³/mol. The molecular formula is C20H30N2O2. The SMILES string of the molecule is CCCC1(CCN2CCCCC2)CNC(=O)c2ccc(OC)cc21. The lowest BCUT2D eigenvalue weighted by Gasteiger charge is -2.41. The number of amides is 1. The lowest BCUT2D eigenvalue weighted by Crippen LogP contribution is -2.48. The number of rotatable bonds is 6. The van der Waals surface area contributed by atoms with Crippen LogP contribution in [-0.4, -0.2) is 44.1 Å². The Hall–Kier alpha value is -1.55. The average molecular weight is 330 g/mol. The topological polar surface area (TPSA) is 41.6 Å². The van der Waals surface area contributed by atoms with Gasteiger partial charge >= 0.3 is 0 Å². The quantitative estimate of drug-likeness (QED) is 0.870. The van der Waals surface area contributed by atoms with E-state index in [-0.39, 0.29) is 11.3 Å². The molecule has 1 atom stereocenters. The largest absolute Gasteiger partial charge is 0.497 e. The first-order valence-corrected chi connectivity index (χ1v) is 9.37. The standard InChI is InChI=1S/C20H30N2O2/c1-3-9-20(10-13-22-11-5-4-6-12-22)15-21-19(23)17-8-7-16(24-2)14-18(17)20/h7-8,14H,3-6,9-13,15H2,1-2H3,(H,21,23). The Bertz CT molecular complexity index is 581. The third kappa shape index (κ3) is 3.44. The van der Waals surface area contributed by atoms with Crippen LogP contribution >= 0.6 is 0 Å². The van der Waals surface area contributed by atoms with Crippen LogP contribution < -0.4 is 10.1 Å². The fourth-order valence-electron chi connectivity index (χ4n) is 4.33. The molecule has 0 radical (unpaired) electrons. The maximum absolute atomic E-state index is 12.3. The second kappa shape index (κ2) is 7.56. The Morgan fingerprint density at radius 1 is 1.21 bits per heavy atom. The van der Waals surface area contributed by atoms with Crippen molar-refractivity contribution >= 4 is 5.91 Å². The molecule has 1 amide bonds. The highest BCUT2D eigenvalue weighted by atomic mass is 16.5. The van der Waals surface area contributed by atoms with Gasteiger partial charge in [-0.25, -0.2) is 0 Å². The van der Waals surface area contributed by atoms with Crippen molar-refractivity contribution in [3.05, 3.63) is 29.3 Å². The molecule has 24 heavy (non-hydrogen) atoms. The molecule has 1 fully saturated rings. The maximum Gasteiger partial charge on any atom is 0.251 e. The highest BCUT2D eigenvalue weighted by Crippen LogP contribution is 2.39. The van der Waals surface area contributed by atoms with E-state index in [9.17, 15) is 4.79 Å². The summed E-state index contributed by atoms with van der Waals surface area (Å²) in [5.74, 6) is 0.902. The molecule has 132 valence electrons. The van der Waals surface area contributed by atoms with Gasteiger partial charge in [-0.2, -0.15) is 0 Å². The summed E-state index contributed by atoms with van der Waals surface area (Å²) in [5.41, 5.74) is 2.04. The van der Waals surface area contributed by atoms with Gasteiger partial charge in [-0.3, -0.25) is 4.79 Å². The summed E-state index contributed by atoms with van der Waals surface area (Å²) in [5, 5.41) is 3.14. The number of piperidine rings is 1. The first kappa shape index (κ1) is 17.3. The van der Waals surface area contributed by atoms with Gasteiger partial charge in [-0.1, -0.05) is 19.8 Å². The van der Waals surface area contributed by atoms with Crippen LogP contribution in [0.3, 0.4) is 0 Å². The summed E-state index contributed by atoms with van der Waals surface area (Å²) in [7, 11) is 1.69. The monoisotopic (exact) mass is 330 g/mol. The molecule has 0 spiro atoms. The van der Waals surface area contributed by atoms with Gasteiger partial charge in [0.1, 0.15) is 5.75 Å². The van der Waals surface area contributed by atoms with E-state index in [4.69, 9.17) is 4.74 Å². The van der Waals surface area contributed by atoms with E-state index < -0.39 is 0 Å². The number of hydrogen-bond donors (Lipinski definition) is 1. The van der Waals surface area contributed by atoms with Crippen molar-refractivity contribution in [2.75, 3.05) is 33.3 Å². The molecule has 4 heteroatoms. The Labute approximate surface area is 145 Å². The Balaban J connectivity index is 1.88. The molecule has 3 rings (SSSR count). The zero-order valence-electron chi connectivity index (χ0n) is 15.1. The number of likely N-dealkylation sites (tertiary alicyclic amines) is 1. The first-order valence-electron chi connectivity index (χ1n) is 9.37. The Morgan fingerprint density at radius 2 is 2.00 bits per heavy atom. The molecule has 1 aromatic rings. The number of ether oxygens (including phenoxy) is 1. The van der Waals surface area contributed by atoms with Crippen LogP contribution in [0, 0.1) is 0 Å². The van der Waals surface area contributed by atoms with Crippen LogP contribution in [-0.2, 0) is 5.41 Å². The second-order valence-corrected chi connectivity index (χ2v) is 7.28. The van der Waals surface area contributed by atoms with Gasteiger partial charge in [-0.15, -0.1) is 0 Å². The van der Waals surface area contributed by atoms with Crippen molar-refractivity contribution in [3.63, 3.8) is 0 Å². The van der Waals surface area contributed by atoms with Crippen LogP contribution in [0.4, 0.5) is 0 Å². The summed E-state index contributed by atoms with van der Waals surface area (Å²) in [4.78, 5) is 14.9. The van der Waals surface area contributed by atoms with Gasteiger partial charge in [0.15, 0.2) is 0 Å². The van der Waals surface area contributed by atoms with Crippen molar-refractivity contribution in [3.8, 4) is 5.75 Å². The van der Waals surface area contributed by atoms with Crippen LogP contribution in [0.1, 0.15) is 61.4 Å². The van der Waals surface area contributed by atoms with Crippen LogP contribution in [0.5, 0.6) is 5.75 Å². The number of nitrogens with zero attached hydrogens (tertiary/aromatic N) is 1. The van der Waals surface area contributed by atoms with Crippen LogP contribution in [0.15, 0.2) is 18.2 Å². The number of fused-ring (bicyclic) bond motifs is 1. The number of methoxy groups -OCH3 is 1. The molecule has 2 aliphatic rings. The predicted octanol–water partition coefficient (Wildman–Crippen LogP) is 3.35. The molecule has 1 aromatic carbocycles. The van der Waals surface area contributed by atoms with Gasteiger partial charge in [-0.05, 0) is 69.1 Å². The Morgan fingerprint density at radius 3 is 2.71 bits per heavy atom. The molecule has 4 nitrogen and oxygen atoms in total. The summed E-state index contributed by atoms with van der Waals surface area (Å²) in [6.07, 6.45) is 7.33. The van der Waals surface area contributed by atoms with E-state index in [1.807, 2.05) is 12.1 Å². The molecule has 0 saturated carbocycles. The highest BCUT2D eigenvalue weighted by molar-refractivity contribution is 5.97. The zero-order chi connectivity index (χ0) is 17.0. The molecule has 2 heterocycles. The highest BCUT2D eigenvalue weighted by Gasteiger charge is 2.39. The number of nitrogens with one attached hydrogen (secondary N) is 1. The molecule has 1 N–H and O–H groups in total. The summed E-state index contributed by atoms with van der Waals surface area (Å²) in [6.45, 7) is 6.54. The molecular weight excluding hydrogens is 300 g/mol. The van der Waals surface area contributed by atoms with Crippen molar-refractivity contribution < 1.29 is 9.53 Å². The Kier molecular flexibility index (Phi) is 5.44. The van der Waals surface area contributed by atoms with Gasteiger partial charge in [0, 0.05) is 17.5 Å². The summed E-state index contributed by atoms with van der Waals surface area (Å²) in [6, 6.07) is 5.92. The van der Waals surface area contributed by atoms with Crippen LogP contribution in [0.2, 0.25) is 0 Å². The van der Waals surface area contributed by atoms with E-state index in [2.05, 4.69) is 23.2 Å². The van der Waals surface area contributed by atoms with Gasteiger partial charge in [0.25, 0.3) is 5.91 Å². The van der Waals surface area contributed by atoms with Crippen molar-refractivity contribution in [2.24, 2.45) is 0 Å². The minimum atomic E-state index is 0.0317. The zero-order valence-corrected chi connectivity index (χ0v) is 15.1. The minimum absolute atomic E-state index is 0.0317. The molecule has 1 saturated heterocycles. The van der Waals surface area contributed by atoms with E-state index in [1.165, 1.54) is 37.9 Å².